The zero-order valence-electron chi connectivity index (χ0n) is 12.4. The summed E-state index contributed by atoms with van der Waals surface area (Å²) in [6, 6.07) is 0. The molecule has 10 nitrogen and oxygen atoms in total. The molecular formula is C12H17N5O5S2. The number of nitrogens with zero attached hydrogens (tertiary/aromatic N) is 2. The van der Waals surface area contributed by atoms with E-state index >= 15 is 0 Å². The van der Waals surface area contributed by atoms with Crippen LogP contribution in [-0.2, 0) is 20.1 Å². The quantitative estimate of drug-likeness (QED) is 0.128. The number of aliphatic carboxylic acids is 2. The van der Waals surface area contributed by atoms with Crippen molar-refractivity contribution in [1.29, 1.82) is 0 Å². The Kier molecular flexibility index (Phi) is 11.5. The van der Waals surface area contributed by atoms with Gasteiger partial charge in [-0.15, -0.1) is 11.3 Å². The van der Waals surface area contributed by atoms with Crippen molar-refractivity contribution in [3.63, 3.8) is 0 Å². The Hall–Kier alpha value is -2.60. The van der Waals surface area contributed by atoms with Gasteiger partial charge in [-0.25, -0.2) is 14.6 Å². The molecular weight excluding hydrogens is 358 g/mol. The second-order valence-corrected chi connectivity index (χ2v) is 5.73. The highest BCUT2D eigenvalue weighted by atomic mass is 32.2. The lowest BCUT2D eigenvalue weighted by molar-refractivity contribution is -0.134. The Morgan fingerprint density at radius 3 is 2.46 bits per heavy atom. The minimum atomic E-state index is -1.26. The standard InChI is InChI=1S/C8H13N5OS2.C4H4O4/c9-7(10)13-8-12-6(4-16-8)3-15-2-1-11-5-14;5-3(6)1-2-4(7)8/h4-5H,1-3H2,(H,11,14)(H4,9,10,12,13);1-2H,(H,5,6)(H,7,8)/b;2-1-. The van der Waals surface area contributed by atoms with Gasteiger partial charge in [0.1, 0.15) is 0 Å². The fourth-order valence-electron chi connectivity index (χ4n) is 1.03. The van der Waals surface area contributed by atoms with E-state index in [1.54, 1.807) is 11.8 Å². The van der Waals surface area contributed by atoms with Gasteiger partial charge in [-0.1, -0.05) is 0 Å². The molecule has 0 aliphatic rings. The van der Waals surface area contributed by atoms with Crippen LogP contribution in [0, 0.1) is 0 Å². The van der Waals surface area contributed by atoms with Crippen LogP contribution in [0.5, 0.6) is 0 Å². The minimum absolute atomic E-state index is 0.0173. The molecule has 0 aromatic carbocycles. The third kappa shape index (κ3) is 13.1. The van der Waals surface area contributed by atoms with Crippen molar-refractivity contribution in [2.45, 2.75) is 5.75 Å². The molecule has 1 amide bonds. The molecule has 0 unspecified atom stereocenters. The molecule has 0 radical (unpaired) electrons. The number of hydrogen-bond donors (Lipinski definition) is 5. The van der Waals surface area contributed by atoms with Crippen LogP contribution in [0.2, 0.25) is 0 Å². The summed E-state index contributed by atoms with van der Waals surface area (Å²) >= 11 is 3.09. The zero-order valence-corrected chi connectivity index (χ0v) is 14.0. The van der Waals surface area contributed by atoms with Gasteiger partial charge in [0.2, 0.25) is 11.5 Å². The Balaban J connectivity index is 0.000000561. The molecule has 0 aliphatic heterocycles. The van der Waals surface area contributed by atoms with Crippen LogP contribution >= 0.6 is 23.1 Å². The van der Waals surface area contributed by atoms with Gasteiger partial charge in [0.25, 0.3) is 0 Å². The molecule has 0 bridgehead atoms. The maximum absolute atomic E-state index is 9.97. The minimum Gasteiger partial charge on any atom is -0.478 e. The van der Waals surface area contributed by atoms with E-state index in [0.717, 1.165) is 17.2 Å². The maximum atomic E-state index is 9.97. The van der Waals surface area contributed by atoms with Gasteiger partial charge in [0, 0.05) is 35.6 Å². The molecule has 132 valence electrons. The molecule has 12 heteroatoms. The van der Waals surface area contributed by atoms with Gasteiger partial charge in [0.15, 0.2) is 5.96 Å². The number of carboxylic acid groups (broad SMARTS) is 2. The van der Waals surface area contributed by atoms with Crippen LogP contribution in [0.3, 0.4) is 0 Å². The van der Waals surface area contributed by atoms with Crippen molar-refractivity contribution in [3.8, 4) is 0 Å². The van der Waals surface area contributed by atoms with E-state index in [1.807, 2.05) is 5.38 Å². The number of aliphatic imine (C=N–C) groups is 1. The Morgan fingerprint density at radius 1 is 1.33 bits per heavy atom. The second-order valence-electron chi connectivity index (χ2n) is 3.79. The van der Waals surface area contributed by atoms with E-state index in [2.05, 4.69) is 15.3 Å². The number of aromatic nitrogens is 1. The van der Waals surface area contributed by atoms with Crippen LogP contribution in [0.25, 0.3) is 0 Å². The summed E-state index contributed by atoms with van der Waals surface area (Å²) in [6.45, 7) is 0.666. The van der Waals surface area contributed by atoms with Crippen molar-refractivity contribution in [2.75, 3.05) is 12.3 Å². The van der Waals surface area contributed by atoms with Crippen LogP contribution in [-0.4, -0.2) is 51.8 Å². The molecule has 0 fully saturated rings. The number of thiazole rings is 1. The summed E-state index contributed by atoms with van der Waals surface area (Å²) in [5, 5.41) is 20.7. The normalized spacial score (nSPS) is 9.67. The number of rotatable bonds is 9. The average Bonchev–Trinajstić information content (AvgIpc) is 2.92. The monoisotopic (exact) mass is 375 g/mol. The van der Waals surface area contributed by atoms with E-state index in [-0.39, 0.29) is 5.96 Å². The Morgan fingerprint density at radius 2 is 1.96 bits per heavy atom. The first-order chi connectivity index (χ1) is 11.3. The number of hydrogen-bond acceptors (Lipinski definition) is 7. The third-order valence-corrected chi connectivity index (χ3v) is 3.63. The fourth-order valence-corrected chi connectivity index (χ4v) is 2.61. The van der Waals surface area contributed by atoms with Gasteiger partial charge < -0.3 is 27.0 Å². The number of guanidine groups is 1. The number of nitrogens with one attached hydrogen (secondary N) is 1. The van der Waals surface area contributed by atoms with Crippen molar-refractivity contribution in [3.05, 3.63) is 23.2 Å². The highest BCUT2D eigenvalue weighted by molar-refractivity contribution is 7.98. The molecule has 0 spiro atoms. The van der Waals surface area contributed by atoms with E-state index in [4.69, 9.17) is 21.7 Å². The predicted octanol–water partition coefficient (Wildman–Crippen LogP) is -0.261. The summed E-state index contributed by atoms with van der Waals surface area (Å²) in [7, 11) is 0. The lowest BCUT2D eigenvalue weighted by Crippen LogP contribution is -2.21. The summed E-state index contributed by atoms with van der Waals surface area (Å²) in [5.41, 5.74) is 11.4. The first-order valence-electron chi connectivity index (χ1n) is 6.28. The zero-order chi connectivity index (χ0) is 18.4. The molecule has 1 heterocycles. The molecule has 1 rings (SSSR count). The number of carbonyl (C=O) groups excluding carboxylic acids is 1. The van der Waals surface area contributed by atoms with Crippen LogP contribution < -0.4 is 16.8 Å². The van der Waals surface area contributed by atoms with Crippen LogP contribution in [0.4, 0.5) is 5.13 Å². The molecule has 24 heavy (non-hydrogen) atoms. The smallest absolute Gasteiger partial charge is 0.328 e. The van der Waals surface area contributed by atoms with Gasteiger partial charge in [0.05, 0.1) is 5.69 Å². The first-order valence-corrected chi connectivity index (χ1v) is 8.31. The van der Waals surface area contributed by atoms with Crippen LogP contribution in [0.15, 0.2) is 22.5 Å². The first kappa shape index (κ1) is 21.4. The number of nitrogens with two attached hydrogens (primary N) is 2. The Labute approximate surface area is 145 Å². The molecule has 0 atom stereocenters. The summed E-state index contributed by atoms with van der Waals surface area (Å²) in [5.74, 6) is -0.853. The number of carboxylic acids is 2. The molecule has 0 saturated carbocycles. The van der Waals surface area contributed by atoms with Gasteiger partial charge in [-0.3, -0.25) is 4.79 Å². The SMILES string of the molecule is NC(N)=Nc1nc(CSCCNC=O)cs1.O=C(O)/C=C\C(=O)O. The van der Waals surface area contributed by atoms with Crippen molar-refractivity contribution >= 4 is 52.5 Å². The summed E-state index contributed by atoms with van der Waals surface area (Å²) in [4.78, 5) is 37.2. The van der Waals surface area contributed by atoms with Crippen LogP contribution in [0.1, 0.15) is 5.69 Å². The highest BCUT2D eigenvalue weighted by Gasteiger charge is 2.01. The fraction of sp³-hybridized carbons (Fsp3) is 0.250. The molecule has 0 saturated heterocycles. The largest absolute Gasteiger partial charge is 0.478 e. The second kappa shape index (κ2) is 12.9. The summed E-state index contributed by atoms with van der Waals surface area (Å²) in [6.07, 6.45) is 1.81. The van der Waals surface area contributed by atoms with Gasteiger partial charge in [-0.05, 0) is 0 Å². The lowest BCUT2D eigenvalue weighted by atomic mass is 10.5. The van der Waals surface area contributed by atoms with E-state index in [1.165, 1.54) is 11.3 Å². The maximum Gasteiger partial charge on any atom is 0.328 e. The van der Waals surface area contributed by atoms with Gasteiger partial charge >= 0.3 is 11.9 Å². The molecule has 1 aromatic rings. The van der Waals surface area contributed by atoms with Crippen molar-refractivity contribution in [2.24, 2.45) is 16.5 Å². The van der Waals surface area contributed by atoms with E-state index in [9.17, 15) is 14.4 Å². The number of thioether (sulfide) groups is 1. The number of amides is 1. The average molecular weight is 375 g/mol. The predicted molar refractivity (Wildman–Crippen MR) is 92.2 cm³/mol. The summed E-state index contributed by atoms with van der Waals surface area (Å²) < 4.78 is 0. The van der Waals surface area contributed by atoms with Crippen molar-refractivity contribution < 1.29 is 24.6 Å². The highest BCUT2D eigenvalue weighted by Crippen LogP contribution is 2.21. The topological polar surface area (TPSA) is 181 Å². The third-order valence-electron chi connectivity index (χ3n) is 1.86. The Bertz CT molecular complexity index is 582. The lowest BCUT2D eigenvalue weighted by Gasteiger charge is -1.97. The number of carbonyl (C=O) groups is 3. The molecule has 1 aromatic heterocycles. The molecule has 0 aliphatic carbocycles. The van der Waals surface area contributed by atoms with Crippen molar-refractivity contribution in [1.82, 2.24) is 10.3 Å². The van der Waals surface area contributed by atoms with Gasteiger partial charge in [-0.2, -0.15) is 16.8 Å². The van der Waals surface area contributed by atoms with E-state index in [0.29, 0.717) is 30.2 Å². The molecule has 7 N–H and O–H groups in total. The van der Waals surface area contributed by atoms with E-state index < -0.39 is 11.9 Å².